The summed E-state index contributed by atoms with van der Waals surface area (Å²) in [6.07, 6.45) is 5.43. The lowest BCUT2D eigenvalue weighted by Crippen LogP contribution is -2.40. The molecule has 2 rings (SSSR count). The Labute approximate surface area is 110 Å². The Morgan fingerprint density at radius 3 is 2.89 bits per heavy atom. The zero-order valence-electron chi connectivity index (χ0n) is 11.6. The van der Waals surface area contributed by atoms with Crippen LogP contribution in [0.2, 0.25) is 0 Å². The zero-order chi connectivity index (χ0) is 12.8. The molecule has 1 saturated heterocycles. The molecule has 0 aromatic carbocycles. The number of aromatic nitrogens is 3. The van der Waals surface area contributed by atoms with E-state index in [0.29, 0.717) is 6.04 Å². The lowest BCUT2D eigenvalue weighted by molar-refractivity contribution is 0.123. The van der Waals surface area contributed by atoms with Crippen LogP contribution in [0.3, 0.4) is 0 Å². The van der Waals surface area contributed by atoms with E-state index in [2.05, 4.69) is 38.8 Å². The van der Waals surface area contributed by atoms with Crippen LogP contribution in [0.1, 0.15) is 45.0 Å². The largest absolute Gasteiger partial charge is 0.303 e. The minimum atomic E-state index is 0.441. The van der Waals surface area contributed by atoms with Crippen molar-refractivity contribution in [2.45, 2.75) is 39.2 Å². The van der Waals surface area contributed by atoms with Crippen LogP contribution in [0, 0.1) is 0 Å². The topological polar surface area (TPSA) is 48.1 Å². The van der Waals surface area contributed by atoms with E-state index in [1.807, 2.05) is 0 Å². The number of nitrogens with one attached hydrogen (secondary N) is 1. The number of likely N-dealkylation sites (tertiary alicyclic amines) is 1. The van der Waals surface area contributed by atoms with E-state index in [1.165, 1.54) is 25.8 Å². The molecule has 1 aromatic heterocycles. The Bertz CT molecular complexity index is 320. The first-order valence-corrected chi connectivity index (χ1v) is 7.16. The molecule has 0 saturated carbocycles. The van der Waals surface area contributed by atoms with E-state index in [-0.39, 0.29) is 0 Å². The van der Waals surface area contributed by atoms with Crippen molar-refractivity contribution < 1.29 is 0 Å². The van der Waals surface area contributed by atoms with Crippen LogP contribution in [0.5, 0.6) is 0 Å². The lowest BCUT2D eigenvalue weighted by atomic mass is 10.0. The van der Waals surface area contributed by atoms with Crippen LogP contribution in [0.15, 0.2) is 6.33 Å². The molecule has 1 unspecified atom stereocenters. The molecule has 0 radical (unpaired) electrons. The van der Waals surface area contributed by atoms with Crippen LogP contribution in [-0.2, 0) is 0 Å². The second-order valence-electron chi connectivity index (χ2n) is 4.95. The van der Waals surface area contributed by atoms with Gasteiger partial charge in [-0.25, -0.2) is 4.98 Å². The van der Waals surface area contributed by atoms with Crippen molar-refractivity contribution in [3.63, 3.8) is 0 Å². The quantitative estimate of drug-likeness (QED) is 0.835. The van der Waals surface area contributed by atoms with Crippen molar-refractivity contribution in [1.82, 2.24) is 25.0 Å². The summed E-state index contributed by atoms with van der Waals surface area (Å²) in [6.45, 7) is 10.2. The van der Waals surface area contributed by atoms with Gasteiger partial charge >= 0.3 is 0 Å². The highest BCUT2D eigenvalue weighted by Crippen LogP contribution is 2.27. The van der Waals surface area contributed by atoms with Crippen LogP contribution in [-0.4, -0.2) is 57.7 Å². The molecular formula is C13H25N5. The average molecular weight is 251 g/mol. The molecule has 0 bridgehead atoms. The van der Waals surface area contributed by atoms with Crippen molar-refractivity contribution >= 4 is 0 Å². The van der Waals surface area contributed by atoms with E-state index in [0.717, 1.165) is 32.0 Å². The molecule has 1 atom stereocenters. The molecule has 5 nitrogen and oxygen atoms in total. The minimum absolute atomic E-state index is 0.441. The number of hydrogen-bond donors (Lipinski definition) is 1. The molecule has 1 N–H and O–H groups in total. The third-order valence-corrected chi connectivity index (χ3v) is 3.96. The maximum Gasteiger partial charge on any atom is 0.141 e. The number of rotatable bonds is 6. The van der Waals surface area contributed by atoms with Crippen LogP contribution >= 0.6 is 0 Å². The first kappa shape index (κ1) is 13.5. The summed E-state index contributed by atoms with van der Waals surface area (Å²) in [6, 6.07) is 0.441. The Balaban J connectivity index is 1.92. The van der Waals surface area contributed by atoms with Gasteiger partial charge in [0.05, 0.1) is 6.04 Å². The van der Waals surface area contributed by atoms with Crippen molar-refractivity contribution in [2.24, 2.45) is 0 Å². The first-order chi connectivity index (χ1) is 8.85. The summed E-state index contributed by atoms with van der Waals surface area (Å²) in [7, 11) is 0. The molecular weight excluding hydrogens is 226 g/mol. The second-order valence-corrected chi connectivity index (χ2v) is 4.95. The molecule has 102 valence electrons. The van der Waals surface area contributed by atoms with Gasteiger partial charge in [-0.3, -0.25) is 10.00 Å². The smallest absolute Gasteiger partial charge is 0.141 e. The molecule has 1 aliphatic rings. The number of aromatic amines is 1. The summed E-state index contributed by atoms with van der Waals surface area (Å²) in [5, 5.41) is 7.02. The summed E-state index contributed by atoms with van der Waals surface area (Å²) in [5.41, 5.74) is 0. The molecule has 1 aliphatic heterocycles. The van der Waals surface area contributed by atoms with Crippen molar-refractivity contribution in [2.75, 3.05) is 32.7 Å². The molecule has 0 aliphatic carbocycles. The van der Waals surface area contributed by atoms with Crippen molar-refractivity contribution in [3.05, 3.63) is 12.2 Å². The number of hydrogen-bond acceptors (Lipinski definition) is 4. The van der Waals surface area contributed by atoms with E-state index in [4.69, 9.17) is 0 Å². The van der Waals surface area contributed by atoms with Crippen LogP contribution in [0.4, 0.5) is 0 Å². The molecule has 2 heterocycles. The Kier molecular flexibility index (Phi) is 5.13. The number of nitrogens with zero attached hydrogens (tertiary/aromatic N) is 4. The van der Waals surface area contributed by atoms with E-state index in [1.54, 1.807) is 6.33 Å². The number of piperidine rings is 1. The van der Waals surface area contributed by atoms with Gasteiger partial charge in [0.1, 0.15) is 12.2 Å². The standard InChI is InChI=1S/C13H25N5/c1-3-17(4-2)9-10-18-8-6-5-7-12(18)13-14-11-15-16-13/h11-12H,3-10H2,1-2H3,(H,14,15,16). The highest BCUT2D eigenvalue weighted by molar-refractivity contribution is 4.94. The predicted molar refractivity (Wildman–Crippen MR) is 72.3 cm³/mol. The number of likely N-dealkylation sites (N-methyl/N-ethyl adjacent to an activating group) is 1. The lowest BCUT2D eigenvalue weighted by Gasteiger charge is -2.35. The SMILES string of the molecule is CCN(CC)CCN1CCCCC1c1ncn[nH]1. The molecule has 18 heavy (non-hydrogen) atoms. The van der Waals surface area contributed by atoms with Crippen molar-refractivity contribution in [1.29, 1.82) is 0 Å². The third kappa shape index (κ3) is 3.29. The molecule has 0 spiro atoms. The minimum Gasteiger partial charge on any atom is -0.303 e. The van der Waals surface area contributed by atoms with Crippen LogP contribution in [0.25, 0.3) is 0 Å². The molecule has 1 aromatic rings. The number of H-pyrrole nitrogens is 1. The summed E-state index contributed by atoms with van der Waals surface area (Å²) < 4.78 is 0. The first-order valence-electron chi connectivity index (χ1n) is 7.16. The van der Waals surface area contributed by atoms with Gasteiger partial charge in [-0.1, -0.05) is 20.3 Å². The molecule has 1 fully saturated rings. The highest BCUT2D eigenvalue weighted by Gasteiger charge is 2.25. The van der Waals surface area contributed by atoms with Gasteiger partial charge in [0.15, 0.2) is 0 Å². The predicted octanol–water partition coefficient (Wildman–Crippen LogP) is 1.67. The summed E-state index contributed by atoms with van der Waals surface area (Å²) >= 11 is 0. The maximum atomic E-state index is 4.34. The third-order valence-electron chi connectivity index (χ3n) is 3.96. The Morgan fingerprint density at radius 2 is 2.22 bits per heavy atom. The van der Waals surface area contributed by atoms with Crippen LogP contribution < -0.4 is 0 Å². The fourth-order valence-electron chi connectivity index (χ4n) is 2.75. The van der Waals surface area contributed by atoms with Gasteiger partial charge in [-0.2, -0.15) is 5.10 Å². The fourth-order valence-corrected chi connectivity index (χ4v) is 2.75. The monoisotopic (exact) mass is 251 g/mol. The normalized spacial score (nSPS) is 21.6. The summed E-state index contributed by atoms with van der Waals surface area (Å²) in [5.74, 6) is 1.04. The zero-order valence-corrected chi connectivity index (χ0v) is 11.6. The van der Waals surface area contributed by atoms with Gasteiger partial charge in [-0.05, 0) is 32.5 Å². The van der Waals surface area contributed by atoms with Gasteiger partial charge < -0.3 is 4.90 Å². The molecule has 5 heteroatoms. The van der Waals surface area contributed by atoms with Gasteiger partial charge in [-0.15, -0.1) is 0 Å². The van der Waals surface area contributed by atoms with Gasteiger partial charge in [0, 0.05) is 13.1 Å². The van der Waals surface area contributed by atoms with Gasteiger partial charge in [0.2, 0.25) is 0 Å². The average Bonchev–Trinajstić information content (AvgIpc) is 2.94. The van der Waals surface area contributed by atoms with E-state index >= 15 is 0 Å². The van der Waals surface area contributed by atoms with E-state index in [9.17, 15) is 0 Å². The van der Waals surface area contributed by atoms with Crippen molar-refractivity contribution in [3.8, 4) is 0 Å². The Hall–Kier alpha value is -0.940. The second kappa shape index (κ2) is 6.85. The van der Waals surface area contributed by atoms with E-state index < -0.39 is 0 Å². The van der Waals surface area contributed by atoms with Gasteiger partial charge in [0.25, 0.3) is 0 Å². The maximum absolute atomic E-state index is 4.34. The summed E-state index contributed by atoms with van der Waals surface area (Å²) in [4.78, 5) is 9.37. The highest BCUT2D eigenvalue weighted by atomic mass is 15.3. The Morgan fingerprint density at radius 1 is 1.39 bits per heavy atom. The fraction of sp³-hybridized carbons (Fsp3) is 0.846. The molecule has 0 amide bonds.